The summed E-state index contributed by atoms with van der Waals surface area (Å²) in [5, 5.41) is 9.47. The fraction of sp³-hybridized carbons (Fsp3) is 0.350. The zero-order valence-corrected chi connectivity index (χ0v) is 14.9. The van der Waals surface area contributed by atoms with Gasteiger partial charge in [-0.1, -0.05) is 18.2 Å². The van der Waals surface area contributed by atoms with Crippen LogP contribution in [0.3, 0.4) is 0 Å². The van der Waals surface area contributed by atoms with E-state index in [0.29, 0.717) is 5.92 Å². The molecule has 1 fully saturated rings. The van der Waals surface area contributed by atoms with E-state index in [2.05, 4.69) is 63.8 Å². The Bertz CT molecular complexity index is 783. The van der Waals surface area contributed by atoms with Gasteiger partial charge in [0.05, 0.1) is 0 Å². The van der Waals surface area contributed by atoms with Gasteiger partial charge in [-0.15, -0.1) is 11.3 Å². The largest absolute Gasteiger partial charge is 0.299 e. The topological polar surface area (TPSA) is 31.9 Å². The van der Waals surface area contributed by atoms with Gasteiger partial charge < -0.3 is 0 Å². The van der Waals surface area contributed by atoms with Crippen molar-refractivity contribution in [2.24, 2.45) is 0 Å². The van der Waals surface area contributed by atoms with Crippen molar-refractivity contribution in [3.63, 3.8) is 0 Å². The predicted octanol–water partition coefficient (Wildman–Crippen LogP) is 4.83. The Kier molecular flexibility index (Phi) is 4.50. The summed E-state index contributed by atoms with van der Waals surface area (Å²) in [4.78, 5) is 3.95. The minimum absolute atomic E-state index is 0.642. The molecule has 1 aliphatic heterocycles. The Labute approximate surface area is 147 Å². The Hall–Kier alpha value is -1.91. The van der Waals surface area contributed by atoms with Crippen molar-refractivity contribution in [3.05, 3.63) is 64.1 Å². The van der Waals surface area contributed by atoms with Crippen LogP contribution in [0.1, 0.15) is 34.9 Å². The van der Waals surface area contributed by atoms with Gasteiger partial charge in [-0.3, -0.25) is 10.00 Å². The van der Waals surface area contributed by atoms with E-state index in [1.807, 2.05) is 17.5 Å². The van der Waals surface area contributed by atoms with Gasteiger partial charge in [0.1, 0.15) is 0 Å². The summed E-state index contributed by atoms with van der Waals surface area (Å²) in [6.45, 7) is 5.53. The lowest BCUT2D eigenvalue weighted by Gasteiger charge is -2.31. The molecule has 0 bridgehead atoms. The highest BCUT2D eigenvalue weighted by Crippen LogP contribution is 2.29. The van der Waals surface area contributed by atoms with E-state index in [-0.39, 0.29) is 0 Å². The molecular weight excluding hydrogens is 314 g/mol. The second kappa shape index (κ2) is 6.91. The first-order valence-electron chi connectivity index (χ1n) is 8.64. The maximum Gasteiger partial charge on any atom is 0.0490 e. The highest BCUT2D eigenvalue weighted by atomic mass is 32.1. The van der Waals surface area contributed by atoms with E-state index in [1.54, 1.807) is 0 Å². The molecular formula is C20H23N3S. The molecule has 24 heavy (non-hydrogen) atoms. The summed E-state index contributed by atoms with van der Waals surface area (Å²) in [7, 11) is 0. The maximum atomic E-state index is 4.09. The number of hydrogen-bond acceptors (Lipinski definition) is 3. The molecule has 0 aliphatic carbocycles. The van der Waals surface area contributed by atoms with Crippen LogP contribution < -0.4 is 0 Å². The minimum Gasteiger partial charge on any atom is -0.299 e. The number of likely N-dealkylation sites (tertiary alicyclic amines) is 1. The fourth-order valence-corrected chi connectivity index (χ4v) is 4.31. The van der Waals surface area contributed by atoms with Crippen LogP contribution in [0.5, 0.6) is 0 Å². The first-order chi connectivity index (χ1) is 11.8. The number of hydrogen-bond donors (Lipinski definition) is 1. The van der Waals surface area contributed by atoms with Crippen LogP contribution in [-0.4, -0.2) is 28.2 Å². The SMILES string of the molecule is Cc1cc(-c2cccc(CN3CCC(c4ccn[nH]4)CC3)c2)cs1. The monoisotopic (exact) mass is 337 g/mol. The molecule has 3 heterocycles. The molecule has 0 radical (unpaired) electrons. The van der Waals surface area contributed by atoms with Crippen molar-refractivity contribution < 1.29 is 0 Å². The summed E-state index contributed by atoms with van der Waals surface area (Å²) in [6.07, 6.45) is 4.29. The third kappa shape index (κ3) is 3.45. The van der Waals surface area contributed by atoms with Gasteiger partial charge in [-0.25, -0.2) is 0 Å². The molecule has 124 valence electrons. The molecule has 0 amide bonds. The van der Waals surface area contributed by atoms with E-state index in [0.717, 1.165) is 19.6 Å². The molecule has 3 aromatic rings. The minimum atomic E-state index is 0.642. The molecule has 0 saturated carbocycles. The molecule has 4 heteroatoms. The Morgan fingerprint density at radius 3 is 2.75 bits per heavy atom. The Balaban J connectivity index is 1.39. The molecule has 2 aromatic heterocycles. The lowest BCUT2D eigenvalue weighted by atomic mass is 9.93. The second-order valence-electron chi connectivity index (χ2n) is 6.71. The Morgan fingerprint density at radius 1 is 1.17 bits per heavy atom. The first-order valence-corrected chi connectivity index (χ1v) is 9.52. The van der Waals surface area contributed by atoms with Gasteiger partial charge in [0, 0.05) is 29.2 Å². The van der Waals surface area contributed by atoms with Gasteiger partial charge in [0.15, 0.2) is 0 Å². The van der Waals surface area contributed by atoms with Crippen LogP contribution in [0.2, 0.25) is 0 Å². The maximum absolute atomic E-state index is 4.09. The fourth-order valence-electron chi connectivity index (χ4n) is 3.60. The normalized spacial score (nSPS) is 16.5. The average Bonchev–Trinajstić information content (AvgIpc) is 3.28. The number of nitrogens with zero attached hydrogens (tertiary/aromatic N) is 2. The summed E-state index contributed by atoms with van der Waals surface area (Å²) in [5.74, 6) is 0.642. The number of aryl methyl sites for hydroxylation is 1. The van der Waals surface area contributed by atoms with Gasteiger partial charge >= 0.3 is 0 Å². The smallest absolute Gasteiger partial charge is 0.0490 e. The molecule has 1 saturated heterocycles. The van der Waals surface area contributed by atoms with Crippen LogP contribution in [0.15, 0.2) is 48.0 Å². The van der Waals surface area contributed by atoms with Crippen molar-refractivity contribution in [3.8, 4) is 11.1 Å². The van der Waals surface area contributed by atoms with Gasteiger partial charge in [0.2, 0.25) is 0 Å². The summed E-state index contributed by atoms with van der Waals surface area (Å²) >= 11 is 1.82. The lowest BCUT2D eigenvalue weighted by molar-refractivity contribution is 0.203. The molecule has 1 N–H and O–H groups in total. The molecule has 4 rings (SSSR count). The van der Waals surface area contributed by atoms with Gasteiger partial charge in [-0.05, 0) is 73.1 Å². The zero-order chi connectivity index (χ0) is 16.4. The highest BCUT2D eigenvalue weighted by Gasteiger charge is 2.21. The molecule has 1 aliphatic rings. The summed E-state index contributed by atoms with van der Waals surface area (Å²) < 4.78 is 0. The van der Waals surface area contributed by atoms with Crippen molar-refractivity contribution in [1.29, 1.82) is 0 Å². The van der Waals surface area contributed by atoms with Crippen LogP contribution in [0.25, 0.3) is 11.1 Å². The molecule has 3 nitrogen and oxygen atoms in total. The molecule has 1 aromatic carbocycles. The van der Waals surface area contributed by atoms with E-state index >= 15 is 0 Å². The highest BCUT2D eigenvalue weighted by molar-refractivity contribution is 7.10. The van der Waals surface area contributed by atoms with Crippen LogP contribution >= 0.6 is 11.3 Å². The number of benzene rings is 1. The van der Waals surface area contributed by atoms with Crippen molar-refractivity contribution in [2.75, 3.05) is 13.1 Å². The summed E-state index contributed by atoms with van der Waals surface area (Å²) in [6, 6.07) is 13.4. The zero-order valence-electron chi connectivity index (χ0n) is 14.0. The Morgan fingerprint density at radius 2 is 2.04 bits per heavy atom. The van der Waals surface area contributed by atoms with E-state index in [9.17, 15) is 0 Å². The lowest BCUT2D eigenvalue weighted by Crippen LogP contribution is -2.32. The number of aromatic amines is 1. The van der Waals surface area contributed by atoms with Crippen LogP contribution in [0.4, 0.5) is 0 Å². The first kappa shape index (κ1) is 15.6. The van der Waals surface area contributed by atoms with Gasteiger partial charge in [0.25, 0.3) is 0 Å². The van der Waals surface area contributed by atoms with Crippen LogP contribution in [0, 0.1) is 6.92 Å². The number of nitrogens with one attached hydrogen (secondary N) is 1. The van der Waals surface area contributed by atoms with Gasteiger partial charge in [-0.2, -0.15) is 5.10 Å². The third-order valence-electron chi connectivity index (χ3n) is 4.95. The number of aromatic nitrogens is 2. The average molecular weight is 337 g/mol. The number of H-pyrrole nitrogens is 1. The molecule has 0 atom stereocenters. The van der Waals surface area contributed by atoms with E-state index in [1.165, 1.54) is 40.1 Å². The van der Waals surface area contributed by atoms with Crippen LogP contribution in [-0.2, 0) is 6.54 Å². The van der Waals surface area contributed by atoms with Crippen molar-refractivity contribution in [1.82, 2.24) is 15.1 Å². The number of rotatable bonds is 4. The third-order valence-corrected chi connectivity index (χ3v) is 5.81. The molecule has 0 unspecified atom stereocenters. The van der Waals surface area contributed by atoms with Crippen molar-refractivity contribution >= 4 is 11.3 Å². The number of piperidine rings is 1. The predicted molar refractivity (Wildman–Crippen MR) is 100 cm³/mol. The second-order valence-corrected chi connectivity index (χ2v) is 7.82. The van der Waals surface area contributed by atoms with E-state index in [4.69, 9.17) is 0 Å². The molecule has 0 spiro atoms. The quantitative estimate of drug-likeness (QED) is 0.740. The standard InChI is InChI=1S/C20H23N3S/c1-15-11-19(14-24-15)18-4-2-3-16(12-18)13-23-9-6-17(7-10-23)20-5-8-21-22-20/h2-5,8,11-12,14,17H,6-7,9-10,13H2,1H3,(H,21,22). The van der Waals surface area contributed by atoms with E-state index < -0.39 is 0 Å². The summed E-state index contributed by atoms with van der Waals surface area (Å²) in [5.41, 5.74) is 5.39. The van der Waals surface area contributed by atoms with Crippen molar-refractivity contribution in [2.45, 2.75) is 32.2 Å². The number of thiophene rings is 1.